The van der Waals surface area contributed by atoms with Crippen LogP contribution >= 0.6 is 15.9 Å². The Morgan fingerprint density at radius 3 is 2.81 bits per heavy atom. The Labute approximate surface area is 130 Å². The summed E-state index contributed by atoms with van der Waals surface area (Å²) in [6.07, 6.45) is 0. The Hall–Kier alpha value is -1.89. The first-order valence-corrected chi connectivity index (χ1v) is 7.02. The van der Waals surface area contributed by atoms with Crippen LogP contribution in [0.15, 0.2) is 27.8 Å². The fraction of sp³-hybridized carbons (Fsp3) is 0.286. The highest BCUT2D eigenvalue weighted by molar-refractivity contribution is 9.10. The van der Waals surface area contributed by atoms with E-state index in [1.165, 1.54) is 18.2 Å². The summed E-state index contributed by atoms with van der Waals surface area (Å²) in [7, 11) is 1.81. The summed E-state index contributed by atoms with van der Waals surface area (Å²) in [5, 5.41) is 16.3. The van der Waals surface area contributed by atoms with Crippen LogP contribution in [-0.2, 0) is 13.7 Å². The van der Waals surface area contributed by atoms with Crippen molar-refractivity contribution in [2.24, 2.45) is 12.2 Å². The van der Waals surface area contributed by atoms with Gasteiger partial charge in [-0.25, -0.2) is 4.39 Å². The van der Waals surface area contributed by atoms with E-state index in [4.69, 9.17) is 9.94 Å². The highest BCUT2D eigenvalue weighted by atomic mass is 79.9. The molecule has 112 valence electrons. The van der Waals surface area contributed by atoms with Gasteiger partial charge in [0, 0.05) is 18.7 Å². The van der Waals surface area contributed by atoms with Crippen LogP contribution in [-0.4, -0.2) is 20.7 Å². The number of hydrogen-bond acceptors (Lipinski definition) is 4. The molecule has 0 saturated carbocycles. The maximum Gasteiger partial charge on any atom is 0.131 e. The SMILES string of the molecule is CC(=NO)c1ccc(F)cc1OCc1c(Br)c(C)nn1C. The van der Waals surface area contributed by atoms with E-state index in [2.05, 4.69) is 26.2 Å². The molecule has 1 aromatic carbocycles. The summed E-state index contributed by atoms with van der Waals surface area (Å²) >= 11 is 3.45. The topological polar surface area (TPSA) is 59.6 Å². The summed E-state index contributed by atoms with van der Waals surface area (Å²) in [6, 6.07) is 4.07. The second kappa shape index (κ2) is 6.26. The van der Waals surface area contributed by atoms with E-state index in [0.717, 1.165) is 15.9 Å². The van der Waals surface area contributed by atoms with Gasteiger partial charge in [0.1, 0.15) is 18.2 Å². The molecule has 0 bridgehead atoms. The summed E-state index contributed by atoms with van der Waals surface area (Å²) in [5.41, 5.74) is 2.57. The molecule has 0 atom stereocenters. The lowest BCUT2D eigenvalue weighted by Gasteiger charge is -2.11. The molecule has 2 rings (SSSR count). The molecule has 0 fully saturated rings. The number of oxime groups is 1. The van der Waals surface area contributed by atoms with E-state index in [1.807, 2.05) is 14.0 Å². The number of rotatable bonds is 4. The summed E-state index contributed by atoms with van der Waals surface area (Å²) in [4.78, 5) is 0. The zero-order valence-corrected chi connectivity index (χ0v) is 13.5. The van der Waals surface area contributed by atoms with E-state index in [1.54, 1.807) is 11.6 Å². The third-order valence-corrected chi connectivity index (χ3v) is 4.14. The third kappa shape index (κ3) is 3.24. The first kappa shape index (κ1) is 15.5. The number of halogens is 2. The van der Waals surface area contributed by atoms with Crippen molar-refractivity contribution >= 4 is 21.6 Å². The number of hydrogen-bond donors (Lipinski definition) is 1. The smallest absolute Gasteiger partial charge is 0.131 e. The lowest BCUT2D eigenvalue weighted by molar-refractivity contribution is 0.291. The number of aromatic nitrogens is 2. The molecule has 1 N–H and O–H groups in total. The quantitative estimate of drug-likeness (QED) is 0.519. The first-order valence-electron chi connectivity index (χ1n) is 6.23. The van der Waals surface area contributed by atoms with E-state index >= 15 is 0 Å². The van der Waals surface area contributed by atoms with Crippen molar-refractivity contribution in [3.05, 3.63) is 45.4 Å². The Kier molecular flexibility index (Phi) is 4.62. The van der Waals surface area contributed by atoms with Gasteiger partial charge in [-0.3, -0.25) is 4.68 Å². The molecule has 0 aliphatic carbocycles. The van der Waals surface area contributed by atoms with Crippen molar-refractivity contribution in [3.8, 4) is 5.75 Å². The molecule has 0 spiro atoms. The summed E-state index contributed by atoms with van der Waals surface area (Å²) in [6.45, 7) is 3.71. The van der Waals surface area contributed by atoms with E-state index in [-0.39, 0.29) is 6.61 Å². The minimum absolute atomic E-state index is 0.215. The molecule has 0 aliphatic rings. The Bertz CT molecular complexity index is 698. The number of ether oxygens (including phenoxy) is 1. The zero-order valence-electron chi connectivity index (χ0n) is 11.9. The minimum Gasteiger partial charge on any atom is -0.486 e. The molecule has 5 nitrogen and oxygen atoms in total. The van der Waals surface area contributed by atoms with Gasteiger partial charge in [0.2, 0.25) is 0 Å². The molecule has 1 heterocycles. The molecule has 21 heavy (non-hydrogen) atoms. The van der Waals surface area contributed by atoms with Gasteiger partial charge < -0.3 is 9.94 Å². The highest BCUT2D eigenvalue weighted by Crippen LogP contribution is 2.25. The molecular formula is C14H15BrFN3O2. The Balaban J connectivity index is 2.29. The zero-order chi connectivity index (χ0) is 15.6. The van der Waals surface area contributed by atoms with Crippen LogP contribution in [0.5, 0.6) is 5.75 Å². The lowest BCUT2D eigenvalue weighted by Crippen LogP contribution is -2.07. The summed E-state index contributed by atoms with van der Waals surface area (Å²) in [5.74, 6) is -0.101. The summed E-state index contributed by atoms with van der Waals surface area (Å²) < 4.78 is 21.6. The van der Waals surface area contributed by atoms with Gasteiger partial charge in [-0.05, 0) is 41.9 Å². The van der Waals surface area contributed by atoms with Crippen LogP contribution in [0.2, 0.25) is 0 Å². The van der Waals surface area contributed by atoms with Crippen LogP contribution in [0.1, 0.15) is 23.9 Å². The largest absolute Gasteiger partial charge is 0.486 e. The van der Waals surface area contributed by atoms with Crippen molar-refractivity contribution in [1.29, 1.82) is 0 Å². The number of aryl methyl sites for hydroxylation is 2. The fourth-order valence-electron chi connectivity index (χ4n) is 1.95. The van der Waals surface area contributed by atoms with Crippen molar-refractivity contribution in [2.75, 3.05) is 0 Å². The first-order chi connectivity index (χ1) is 9.93. The molecule has 7 heteroatoms. The van der Waals surface area contributed by atoms with Crippen molar-refractivity contribution < 1.29 is 14.3 Å². The standard InChI is InChI=1S/C14H15BrFN3O2/c1-8(18-20)11-5-4-10(16)6-13(11)21-7-12-14(15)9(2)17-19(12)3/h4-6,20H,7H2,1-3H3. The van der Waals surface area contributed by atoms with Crippen LogP contribution in [0.4, 0.5) is 4.39 Å². The average molecular weight is 356 g/mol. The van der Waals surface area contributed by atoms with Crippen LogP contribution in [0.3, 0.4) is 0 Å². The predicted molar refractivity (Wildman–Crippen MR) is 80.4 cm³/mol. The van der Waals surface area contributed by atoms with Gasteiger partial charge >= 0.3 is 0 Å². The molecule has 0 amide bonds. The average Bonchev–Trinajstić information content (AvgIpc) is 2.69. The fourth-order valence-corrected chi connectivity index (χ4v) is 2.40. The van der Waals surface area contributed by atoms with Crippen LogP contribution < -0.4 is 4.74 Å². The van der Waals surface area contributed by atoms with Gasteiger partial charge in [0.15, 0.2) is 0 Å². The van der Waals surface area contributed by atoms with Gasteiger partial charge in [-0.15, -0.1) is 0 Å². The predicted octanol–water partition coefficient (Wildman–Crippen LogP) is 3.41. The third-order valence-electron chi connectivity index (χ3n) is 3.11. The number of nitrogens with zero attached hydrogens (tertiary/aromatic N) is 3. The van der Waals surface area contributed by atoms with E-state index < -0.39 is 5.82 Å². The highest BCUT2D eigenvalue weighted by Gasteiger charge is 2.14. The molecule has 0 unspecified atom stereocenters. The van der Waals surface area contributed by atoms with Crippen molar-refractivity contribution in [3.63, 3.8) is 0 Å². The normalized spacial score (nSPS) is 11.8. The van der Waals surface area contributed by atoms with Crippen molar-refractivity contribution in [2.45, 2.75) is 20.5 Å². The van der Waals surface area contributed by atoms with Crippen LogP contribution in [0, 0.1) is 12.7 Å². The molecular weight excluding hydrogens is 341 g/mol. The van der Waals surface area contributed by atoms with Gasteiger partial charge in [-0.1, -0.05) is 5.16 Å². The maximum absolute atomic E-state index is 13.4. The molecule has 0 aliphatic heterocycles. The van der Waals surface area contributed by atoms with Crippen molar-refractivity contribution in [1.82, 2.24) is 9.78 Å². The Morgan fingerprint density at radius 1 is 1.52 bits per heavy atom. The molecule has 2 aromatic rings. The second-order valence-electron chi connectivity index (χ2n) is 4.58. The van der Waals surface area contributed by atoms with Gasteiger partial charge in [0.25, 0.3) is 0 Å². The van der Waals surface area contributed by atoms with Gasteiger partial charge in [-0.2, -0.15) is 5.10 Å². The molecule has 1 aromatic heterocycles. The minimum atomic E-state index is -0.417. The van der Waals surface area contributed by atoms with E-state index in [0.29, 0.717) is 17.0 Å². The van der Waals surface area contributed by atoms with E-state index in [9.17, 15) is 4.39 Å². The Morgan fingerprint density at radius 2 is 2.24 bits per heavy atom. The van der Waals surface area contributed by atoms with Gasteiger partial charge in [0.05, 0.1) is 21.6 Å². The number of benzene rings is 1. The monoisotopic (exact) mass is 355 g/mol. The lowest BCUT2D eigenvalue weighted by atomic mass is 10.1. The second-order valence-corrected chi connectivity index (χ2v) is 5.38. The molecule has 0 radical (unpaired) electrons. The molecule has 0 saturated heterocycles. The van der Waals surface area contributed by atoms with Crippen LogP contribution in [0.25, 0.3) is 0 Å². The maximum atomic E-state index is 13.4.